The first-order valence-corrected chi connectivity index (χ1v) is 11.9. The first-order chi connectivity index (χ1) is 16.5. The van der Waals surface area contributed by atoms with Crippen molar-refractivity contribution in [2.45, 2.75) is 52.0 Å². The van der Waals surface area contributed by atoms with E-state index in [4.69, 9.17) is 4.74 Å². The number of ether oxygens (including phenoxy) is 1. The molecule has 4 aliphatic rings. The summed E-state index contributed by atoms with van der Waals surface area (Å²) in [6, 6.07) is 4.70. The Balaban J connectivity index is 1.71. The molecule has 1 aromatic rings. The number of carbonyl (C=O) groups excluding carboxylic acids is 4. The molecule has 4 unspecified atom stereocenters. The number of likely N-dealkylation sites (tertiary alicyclic amines) is 1. The number of allylic oxidation sites excluding steroid dienone is 6. The second kappa shape index (κ2) is 7.77. The fourth-order valence-electron chi connectivity index (χ4n) is 6.34. The number of Topliss-reactive ketones (excluding diaryl/α,β-unsaturated/α-hetero) is 1. The molecule has 1 saturated heterocycles. The van der Waals surface area contributed by atoms with Crippen molar-refractivity contribution in [3.63, 3.8) is 0 Å². The lowest BCUT2D eigenvalue weighted by Crippen LogP contribution is -2.46. The van der Waals surface area contributed by atoms with Crippen LogP contribution in [0.1, 0.15) is 52.0 Å². The van der Waals surface area contributed by atoms with Crippen molar-refractivity contribution >= 4 is 23.4 Å². The number of phenols is 1. The van der Waals surface area contributed by atoms with E-state index in [2.05, 4.69) is 0 Å². The zero-order valence-electron chi connectivity index (χ0n) is 20.5. The molecule has 7 nitrogen and oxygen atoms in total. The van der Waals surface area contributed by atoms with E-state index in [-0.39, 0.29) is 41.5 Å². The molecule has 0 spiro atoms. The molecule has 5 rings (SSSR count). The molecule has 0 radical (unpaired) electrons. The van der Waals surface area contributed by atoms with Crippen molar-refractivity contribution in [3.05, 3.63) is 58.2 Å². The minimum atomic E-state index is -0.652. The Labute approximate surface area is 204 Å². The number of phenolic OH excluding ortho intramolecular Hbond substituents is 1. The molecular weight excluding hydrogens is 446 g/mol. The van der Waals surface area contributed by atoms with Crippen molar-refractivity contribution in [1.29, 1.82) is 0 Å². The van der Waals surface area contributed by atoms with Crippen LogP contribution in [0.15, 0.2) is 52.6 Å². The lowest BCUT2D eigenvalue weighted by Gasteiger charge is -2.42. The number of ketones is 2. The highest BCUT2D eigenvalue weighted by Crippen LogP contribution is 2.56. The first kappa shape index (κ1) is 23.3. The third kappa shape index (κ3) is 3.32. The zero-order chi connectivity index (χ0) is 25.4. The monoisotopic (exact) mass is 475 g/mol. The van der Waals surface area contributed by atoms with Crippen molar-refractivity contribution in [2.75, 3.05) is 7.11 Å². The molecule has 3 aliphatic carbocycles. The second-order valence-electron chi connectivity index (χ2n) is 10.8. The highest BCUT2D eigenvalue weighted by Gasteiger charge is 2.58. The second-order valence-corrected chi connectivity index (χ2v) is 10.8. The number of amides is 2. The number of hydrogen-bond donors (Lipinski definition) is 1. The molecule has 182 valence electrons. The van der Waals surface area contributed by atoms with Crippen LogP contribution in [0.4, 0.5) is 0 Å². The van der Waals surface area contributed by atoms with Gasteiger partial charge in [0.05, 0.1) is 18.9 Å². The molecule has 1 aromatic carbocycles. The number of methoxy groups -OCH3 is 1. The van der Waals surface area contributed by atoms with Crippen molar-refractivity contribution in [2.24, 2.45) is 17.8 Å². The smallest absolute Gasteiger partial charge is 0.234 e. The highest BCUT2D eigenvalue weighted by atomic mass is 16.5. The van der Waals surface area contributed by atoms with E-state index in [1.54, 1.807) is 13.0 Å². The zero-order valence-corrected chi connectivity index (χ0v) is 20.5. The maximum atomic E-state index is 13.7. The predicted octanol–water partition coefficient (Wildman–Crippen LogP) is 3.63. The van der Waals surface area contributed by atoms with Crippen LogP contribution < -0.4 is 4.74 Å². The number of nitrogens with zero attached hydrogens (tertiary/aromatic N) is 1. The van der Waals surface area contributed by atoms with Gasteiger partial charge in [-0.3, -0.25) is 24.1 Å². The molecule has 1 N–H and O–H groups in total. The van der Waals surface area contributed by atoms with Gasteiger partial charge in [-0.25, -0.2) is 0 Å². The largest absolute Gasteiger partial charge is 0.508 e. The van der Waals surface area contributed by atoms with Crippen LogP contribution >= 0.6 is 0 Å². The fraction of sp³-hybridized carbons (Fsp3) is 0.429. The summed E-state index contributed by atoms with van der Waals surface area (Å²) >= 11 is 0. The minimum absolute atomic E-state index is 0.0176. The Kier molecular flexibility index (Phi) is 5.16. The normalized spacial score (nSPS) is 28.4. The van der Waals surface area contributed by atoms with Crippen molar-refractivity contribution in [3.8, 4) is 11.5 Å². The Bertz CT molecular complexity index is 1290. The summed E-state index contributed by atoms with van der Waals surface area (Å²) in [5.74, 6) is -2.48. The van der Waals surface area contributed by atoms with Crippen LogP contribution in [0.25, 0.3) is 0 Å². The van der Waals surface area contributed by atoms with Crippen LogP contribution in [0.3, 0.4) is 0 Å². The van der Waals surface area contributed by atoms with Crippen molar-refractivity contribution in [1.82, 2.24) is 4.90 Å². The molecule has 1 aliphatic heterocycles. The third-order valence-electron chi connectivity index (χ3n) is 7.76. The van der Waals surface area contributed by atoms with Gasteiger partial charge in [0.15, 0.2) is 11.6 Å². The maximum absolute atomic E-state index is 13.7. The number of imide groups is 1. The van der Waals surface area contributed by atoms with Crippen LogP contribution in [0.5, 0.6) is 11.5 Å². The van der Waals surface area contributed by atoms with E-state index in [1.807, 2.05) is 26.8 Å². The van der Waals surface area contributed by atoms with Crippen LogP contribution in [0.2, 0.25) is 0 Å². The number of hydrogen-bond acceptors (Lipinski definition) is 6. The Morgan fingerprint density at radius 3 is 2.43 bits per heavy atom. The van der Waals surface area contributed by atoms with E-state index in [0.29, 0.717) is 34.5 Å². The van der Waals surface area contributed by atoms with Gasteiger partial charge < -0.3 is 9.84 Å². The van der Waals surface area contributed by atoms with Crippen LogP contribution in [0, 0.1) is 17.8 Å². The van der Waals surface area contributed by atoms with E-state index < -0.39 is 23.3 Å². The summed E-state index contributed by atoms with van der Waals surface area (Å²) < 4.78 is 5.56. The van der Waals surface area contributed by atoms with Gasteiger partial charge in [-0.15, -0.1) is 0 Å². The molecule has 4 atom stereocenters. The lowest BCUT2D eigenvalue weighted by molar-refractivity contribution is -0.145. The topological polar surface area (TPSA) is 101 Å². The van der Waals surface area contributed by atoms with Gasteiger partial charge in [-0.1, -0.05) is 17.7 Å². The minimum Gasteiger partial charge on any atom is -0.508 e. The average molecular weight is 476 g/mol. The number of benzene rings is 1. The first-order valence-electron chi connectivity index (χ1n) is 11.9. The number of carbonyl (C=O) groups is 4. The lowest BCUT2D eigenvalue weighted by atomic mass is 9.59. The number of fused-ring (bicyclic) bond motifs is 3. The van der Waals surface area contributed by atoms with E-state index in [9.17, 15) is 24.3 Å². The summed E-state index contributed by atoms with van der Waals surface area (Å²) in [4.78, 5) is 54.9. The maximum Gasteiger partial charge on any atom is 0.234 e. The molecule has 1 heterocycles. The van der Waals surface area contributed by atoms with Gasteiger partial charge in [-0.05, 0) is 58.6 Å². The molecule has 2 amide bonds. The number of rotatable bonds is 2. The molecular formula is C28H29NO6. The highest BCUT2D eigenvalue weighted by molar-refractivity contribution is 6.23. The quantitative estimate of drug-likeness (QED) is 0.398. The third-order valence-corrected chi connectivity index (χ3v) is 7.76. The Morgan fingerprint density at radius 1 is 1.06 bits per heavy atom. The Morgan fingerprint density at radius 2 is 1.77 bits per heavy atom. The molecule has 7 heteroatoms. The summed E-state index contributed by atoms with van der Waals surface area (Å²) in [6.07, 6.45) is 3.99. The van der Waals surface area contributed by atoms with Crippen LogP contribution in [-0.4, -0.2) is 46.0 Å². The van der Waals surface area contributed by atoms with Gasteiger partial charge >= 0.3 is 0 Å². The van der Waals surface area contributed by atoms with Gasteiger partial charge in [0.1, 0.15) is 11.5 Å². The fourth-order valence-corrected chi connectivity index (χ4v) is 6.34. The molecule has 0 saturated carbocycles. The summed E-state index contributed by atoms with van der Waals surface area (Å²) in [7, 11) is 1.48. The Hall–Kier alpha value is -3.48. The predicted molar refractivity (Wildman–Crippen MR) is 128 cm³/mol. The molecule has 0 bridgehead atoms. The van der Waals surface area contributed by atoms with Gasteiger partial charge in [0.2, 0.25) is 11.8 Å². The summed E-state index contributed by atoms with van der Waals surface area (Å²) in [5.41, 5.74) is 2.03. The SMILES string of the molecule is COc1cc(O)ccc1C1C2=CCC3C(=O)N(C(C)(C)C)C(=O)C3C2CC2=C1C(=O)C=C(C)C2=O. The van der Waals surface area contributed by atoms with Crippen molar-refractivity contribution < 1.29 is 29.0 Å². The summed E-state index contributed by atoms with van der Waals surface area (Å²) in [5, 5.41) is 10.0. The number of aromatic hydroxyl groups is 1. The molecule has 0 aromatic heterocycles. The van der Waals surface area contributed by atoms with E-state index in [1.165, 1.54) is 30.2 Å². The average Bonchev–Trinajstić information content (AvgIpc) is 3.06. The van der Waals surface area contributed by atoms with E-state index in [0.717, 1.165) is 5.57 Å². The molecule has 1 fully saturated rings. The molecule has 35 heavy (non-hydrogen) atoms. The van der Waals surface area contributed by atoms with E-state index >= 15 is 0 Å². The van der Waals surface area contributed by atoms with Gasteiger partial charge in [-0.2, -0.15) is 0 Å². The summed E-state index contributed by atoms with van der Waals surface area (Å²) in [6.45, 7) is 7.16. The van der Waals surface area contributed by atoms with Crippen LogP contribution in [-0.2, 0) is 19.2 Å². The standard InChI is InChI=1S/C28H29NO6/c1-13-10-20(31)24-19(25(13)32)12-18-15(22(24)16-7-6-14(30)11-21(16)35-5)8-9-17-23(18)27(34)29(26(17)33)28(2,3)4/h6-8,10-11,17-18,22-23,30H,9,12H2,1-5H3. The van der Waals surface area contributed by atoms with Gasteiger partial charge in [0.25, 0.3) is 0 Å². The van der Waals surface area contributed by atoms with Gasteiger partial charge in [0, 0.05) is 39.8 Å².